The van der Waals surface area contributed by atoms with Gasteiger partial charge in [0.2, 0.25) is 11.8 Å². The minimum Gasteiger partial charge on any atom is -0.339 e. The van der Waals surface area contributed by atoms with Gasteiger partial charge < -0.3 is 9.80 Å². The molecule has 2 amide bonds. The molecular weight excluding hydrogens is 312 g/mol. The van der Waals surface area contributed by atoms with Gasteiger partial charge in [-0.2, -0.15) is 0 Å². The first-order chi connectivity index (χ1) is 12.2. The summed E-state index contributed by atoms with van der Waals surface area (Å²) in [7, 11) is 0. The van der Waals surface area contributed by atoms with Gasteiger partial charge in [-0.3, -0.25) is 9.59 Å². The molecule has 140 valence electrons. The van der Waals surface area contributed by atoms with Crippen molar-refractivity contribution in [3.8, 4) is 0 Å². The Kier molecular flexibility index (Phi) is 5.33. The topological polar surface area (TPSA) is 40.6 Å². The Morgan fingerprint density at radius 2 is 1.48 bits per heavy atom. The maximum absolute atomic E-state index is 12.6. The molecule has 25 heavy (non-hydrogen) atoms. The van der Waals surface area contributed by atoms with Crippen molar-refractivity contribution in [2.24, 2.45) is 23.7 Å². The number of carbonyl (C=O) groups is 2. The van der Waals surface area contributed by atoms with Crippen molar-refractivity contribution in [3.63, 3.8) is 0 Å². The Labute approximate surface area is 152 Å². The molecule has 0 aromatic carbocycles. The van der Waals surface area contributed by atoms with Gasteiger partial charge in [-0.05, 0) is 49.4 Å². The van der Waals surface area contributed by atoms with Crippen LogP contribution in [-0.4, -0.2) is 47.8 Å². The summed E-state index contributed by atoms with van der Waals surface area (Å²) in [4.78, 5) is 29.1. The first-order valence-electron chi connectivity index (χ1n) is 10.7. The molecule has 4 fully saturated rings. The summed E-state index contributed by atoms with van der Waals surface area (Å²) in [6.07, 6.45) is 13.3. The summed E-state index contributed by atoms with van der Waals surface area (Å²) < 4.78 is 0. The molecule has 0 radical (unpaired) electrons. The number of amides is 2. The number of carbonyl (C=O) groups excluding carboxylic acids is 2. The summed E-state index contributed by atoms with van der Waals surface area (Å²) in [5.74, 6) is 3.83. The summed E-state index contributed by atoms with van der Waals surface area (Å²) in [6.45, 7) is 2.97. The highest BCUT2D eigenvalue weighted by Gasteiger charge is 2.40. The second kappa shape index (κ2) is 7.67. The van der Waals surface area contributed by atoms with Crippen LogP contribution in [0.2, 0.25) is 0 Å². The third-order valence-corrected chi connectivity index (χ3v) is 7.55. The first-order valence-corrected chi connectivity index (χ1v) is 10.7. The van der Waals surface area contributed by atoms with Crippen LogP contribution >= 0.6 is 0 Å². The molecule has 3 saturated carbocycles. The van der Waals surface area contributed by atoms with E-state index in [1.807, 2.05) is 9.80 Å². The van der Waals surface area contributed by atoms with Gasteiger partial charge in [0.1, 0.15) is 0 Å². The van der Waals surface area contributed by atoms with E-state index < -0.39 is 0 Å². The van der Waals surface area contributed by atoms with Crippen molar-refractivity contribution in [2.45, 2.75) is 70.6 Å². The van der Waals surface area contributed by atoms with Crippen LogP contribution in [0.25, 0.3) is 0 Å². The van der Waals surface area contributed by atoms with Gasteiger partial charge in [0, 0.05) is 39.0 Å². The molecule has 0 aromatic rings. The van der Waals surface area contributed by atoms with Gasteiger partial charge in [-0.25, -0.2) is 0 Å². The Morgan fingerprint density at radius 1 is 0.800 bits per heavy atom. The van der Waals surface area contributed by atoms with E-state index in [4.69, 9.17) is 0 Å². The number of hydrogen-bond donors (Lipinski definition) is 0. The van der Waals surface area contributed by atoms with Crippen LogP contribution in [-0.2, 0) is 9.59 Å². The summed E-state index contributed by atoms with van der Waals surface area (Å²) >= 11 is 0. The number of piperazine rings is 1. The minimum absolute atomic E-state index is 0.312. The molecule has 1 aliphatic heterocycles. The molecule has 0 spiro atoms. The lowest BCUT2D eigenvalue weighted by molar-refractivity contribution is -0.140. The lowest BCUT2D eigenvalue weighted by Crippen LogP contribution is -2.51. The third kappa shape index (κ3) is 4.03. The lowest BCUT2D eigenvalue weighted by Gasteiger charge is -2.36. The first kappa shape index (κ1) is 17.4. The van der Waals surface area contributed by atoms with E-state index in [1.54, 1.807) is 0 Å². The summed E-state index contributed by atoms with van der Waals surface area (Å²) in [6, 6.07) is 0. The summed E-state index contributed by atoms with van der Waals surface area (Å²) in [5.41, 5.74) is 0. The molecule has 3 aliphatic carbocycles. The molecule has 4 aliphatic rings. The molecule has 2 bridgehead atoms. The van der Waals surface area contributed by atoms with Gasteiger partial charge in [0.15, 0.2) is 0 Å². The van der Waals surface area contributed by atoms with Crippen molar-refractivity contribution in [2.75, 3.05) is 26.2 Å². The van der Waals surface area contributed by atoms with Crippen LogP contribution in [0, 0.1) is 23.7 Å². The van der Waals surface area contributed by atoms with E-state index in [2.05, 4.69) is 0 Å². The van der Waals surface area contributed by atoms with Crippen LogP contribution in [0.5, 0.6) is 0 Å². The Balaban J connectivity index is 1.17. The molecular formula is C21H34N2O2. The SMILES string of the molecule is O=C(CCC1CCCC1)N1CCN(C(=O)CC2CC3CCC2C3)CC1. The zero-order valence-corrected chi connectivity index (χ0v) is 15.6. The maximum Gasteiger partial charge on any atom is 0.222 e. The van der Waals surface area contributed by atoms with Gasteiger partial charge >= 0.3 is 0 Å². The second-order valence-corrected chi connectivity index (χ2v) is 9.09. The van der Waals surface area contributed by atoms with Crippen LogP contribution in [0.1, 0.15) is 70.6 Å². The molecule has 1 saturated heterocycles. The van der Waals surface area contributed by atoms with Crippen molar-refractivity contribution in [1.29, 1.82) is 0 Å². The number of rotatable bonds is 5. The fourth-order valence-corrected chi connectivity index (χ4v) is 5.97. The van der Waals surface area contributed by atoms with Crippen LogP contribution in [0.15, 0.2) is 0 Å². The second-order valence-electron chi connectivity index (χ2n) is 9.09. The van der Waals surface area contributed by atoms with E-state index in [0.29, 0.717) is 24.2 Å². The molecule has 4 nitrogen and oxygen atoms in total. The zero-order valence-electron chi connectivity index (χ0n) is 15.6. The smallest absolute Gasteiger partial charge is 0.222 e. The van der Waals surface area contributed by atoms with Crippen LogP contribution < -0.4 is 0 Å². The molecule has 4 heteroatoms. The highest BCUT2D eigenvalue weighted by atomic mass is 16.2. The maximum atomic E-state index is 12.6. The standard InChI is InChI=1S/C21H34N2O2/c24-20(8-6-16-3-1-2-4-16)22-9-11-23(12-10-22)21(25)15-19-14-17-5-7-18(19)13-17/h16-19H,1-15H2. The third-order valence-electron chi connectivity index (χ3n) is 7.55. The van der Waals surface area contributed by atoms with E-state index in [1.165, 1.54) is 51.4 Å². The number of fused-ring (bicyclic) bond motifs is 2. The summed E-state index contributed by atoms with van der Waals surface area (Å²) in [5, 5.41) is 0. The normalized spacial score (nSPS) is 32.6. The van der Waals surface area contributed by atoms with Crippen molar-refractivity contribution in [1.82, 2.24) is 9.80 Å². The Bertz CT molecular complexity index is 492. The largest absolute Gasteiger partial charge is 0.339 e. The van der Waals surface area contributed by atoms with Gasteiger partial charge in [-0.15, -0.1) is 0 Å². The average molecular weight is 347 g/mol. The monoisotopic (exact) mass is 346 g/mol. The molecule has 1 heterocycles. The van der Waals surface area contributed by atoms with Gasteiger partial charge in [0.05, 0.1) is 0 Å². The highest BCUT2D eigenvalue weighted by Crippen LogP contribution is 2.49. The predicted octanol–water partition coefficient (Wildman–Crippen LogP) is 3.45. The van der Waals surface area contributed by atoms with Crippen LogP contribution in [0.3, 0.4) is 0 Å². The lowest BCUT2D eigenvalue weighted by atomic mass is 9.86. The fraction of sp³-hybridized carbons (Fsp3) is 0.905. The Morgan fingerprint density at radius 3 is 2.08 bits per heavy atom. The van der Waals surface area contributed by atoms with E-state index in [9.17, 15) is 9.59 Å². The van der Waals surface area contributed by atoms with Crippen molar-refractivity contribution < 1.29 is 9.59 Å². The van der Waals surface area contributed by atoms with Crippen molar-refractivity contribution >= 4 is 11.8 Å². The Hall–Kier alpha value is -1.06. The number of hydrogen-bond acceptors (Lipinski definition) is 2. The van der Waals surface area contributed by atoms with E-state index >= 15 is 0 Å². The predicted molar refractivity (Wildman–Crippen MR) is 97.9 cm³/mol. The quantitative estimate of drug-likeness (QED) is 0.765. The van der Waals surface area contributed by atoms with Gasteiger partial charge in [-0.1, -0.05) is 32.1 Å². The van der Waals surface area contributed by atoms with E-state index in [0.717, 1.165) is 56.8 Å². The minimum atomic E-state index is 0.312. The van der Waals surface area contributed by atoms with E-state index in [-0.39, 0.29) is 0 Å². The molecule has 3 atom stereocenters. The molecule has 4 rings (SSSR count). The van der Waals surface area contributed by atoms with Gasteiger partial charge in [0.25, 0.3) is 0 Å². The highest BCUT2D eigenvalue weighted by molar-refractivity contribution is 5.78. The van der Waals surface area contributed by atoms with Crippen LogP contribution in [0.4, 0.5) is 0 Å². The zero-order chi connectivity index (χ0) is 17.2. The molecule has 3 unspecified atom stereocenters. The molecule has 0 N–H and O–H groups in total. The van der Waals surface area contributed by atoms with Crippen molar-refractivity contribution in [3.05, 3.63) is 0 Å². The molecule has 0 aromatic heterocycles. The fourth-order valence-electron chi connectivity index (χ4n) is 5.97. The average Bonchev–Trinajstić information content (AvgIpc) is 3.38. The number of nitrogens with zero attached hydrogens (tertiary/aromatic N) is 2.